The highest BCUT2D eigenvalue weighted by Crippen LogP contribution is 2.15. The lowest BCUT2D eigenvalue weighted by Gasteiger charge is -2.06. The fourth-order valence-corrected chi connectivity index (χ4v) is 2.04. The van der Waals surface area contributed by atoms with Gasteiger partial charge in [-0.15, -0.1) is 0 Å². The molecule has 3 nitrogen and oxygen atoms in total. The Kier molecular flexibility index (Phi) is 4.36. The molecule has 0 saturated carbocycles. The van der Waals surface area contributed by atoms with Crippen LogP contribution in [0.15, 0.2) is 48.8 Å². The first-order valence-electron chi connectivity index (χ1n) is 5.58. The Balaban J connectivity index is 0.000000169. The van der Waals surface area contributed by atoms with Crippen LogP contribution in [0, 0.1) is 0 Å². The van der Waals surface area contributed by atoms with Gasteiger partial charge in [0.15, 0.2) is 11.6 Å². The molecule has 0 atom stereocenters. The third kappa shape index (κ3) is 3.11. The minimum Gasteiger partial charge on any atom is -0.434 e. The molecule has 0 N–H and O–H groups in total. The van der Waals surface area contributed by atoms with Crippen LogP contribution >= 0.6 is 12.0 Å². The van der Waals surface area contributed by atoms with Crippen molar-refractivity contribution in [2.75, 3.05) is 5.75 Å². The minimum atomic E-state index is -0.0924. The van der Waals surface area contributed by atoms with E-state index in [0.717, 1.165) is 12.2 Å². The largest absolute Gasteiger partial charge is 0.434 e. The van der Waals surface area contributed by atoms with Crippen LogP contribution in [0.4, 0.5) is 0 Å². The molecule has 92 valence electrons. The first-order valence-corrected chi connectivity index (χ1v) is 6.49. The van der Waals surface area contributed by atoms with Gasteiger partial charge in [0.2, 0.25) is 0 Å². The molecule has 4 heteroatoms. The SMILES string of the molecule is C1=COSCC1.O=C1C=CC(=O)c2ccccc21. The van der Waals surface area contributed by atoms with E-state index in [0.29, 0.717) is 11.1 Å². The van der Waals surface area contributed by atoms with Gasteiger partial charge >= 0.3 is 0 Å². The van der Waals surface area contributed by atoms with Crippen LogP contribution in [0.3, 0.4) is 0 Å². The number of ketones is 2. The topological polar surface area (TPSA) is 43.4 Å². The smallest absolute Gasteiger partial charge is 0.186 e. The molecule has 3 rings (SSSR count). The van der Waals surface area contributed by atoms with Crippen molar-refractivity contribution in [1.29, 1.82) is 0 Å². The van der Waals surface area contributed by atoms with Crippen LogP contribution in [0.2, 0.25) is 0 Å². The van der Waals surface area contributed by atoms with Crippen LogP contribution < -0.4 is 0 Å². The Labute approximate surface area is 110 Å². The molecule has 0 fully saturated rings. The van der Waals surface area contributed by atoms with E-state index < -0.39 is 0 Å². The average Bonchev–Trinajstić information content (AvgIpc) is 2.46. The van der Waals surface area contributed by atoms with Crippen molar-refractivity contribution < 1.29 is 13.8 Å². The molecule has 1 heterocycles. The lowest BCUT2D eigenvalue weighted by atomic mass is 9.95. The summed E-state index contributed by atoms with van der Waals surface area (Å²) in [5, 5.41) is 0. The Morgan fingerprint density at radius 1 is 1.00 bits per heavy atom. The number of benzene rings is 1. The molecule has 0 unspecified atom stereocenters. The maximum Gasteiger partial charge on any atom is 0.186 e. The molecule has 0 radical (unpaired) electrons. The van der Waals surface area contributed by atoms with Crippen LogP contribution in [0.1, 0.15) is 27.1 Å². The number of allylic oxidation sites excluding steroid dienone is 3. The van der Waals surface area contributed by atoms with E-state index in [1.165, 1.54) is 24.2 Å². The summed E-state index contributed by atoms with van der Waals surface area (Å²) in [7, 11) is 0. The summed E-state index contributed by atoms with van der Waals surface area (Å²) in [5.41, 5.74) is 1.01. The van der Waals surface area contributed by atoms with E-state index in [1.54, 1.807) is 30.5 Å². The van der Waals surface area contributed by atoms with Crippen molar-refractivity contribution in [2.24, 2.45) is 0 Å². The second-order valence-electron chi connectivity index (χ2n) is 3.69. The van der Waals surface area contributed by atoms with Gasteiger partial charge in [-0.1, -0.05) is 24.3 Å². The Hall–Kier alpha value is -1.81. The second kappa shape index (κ2) is 6.21. The van der Waals surface area contributed by atoms with Crippen LogP contribution in [-0.4, -0.2) is 17.3 Å². The van der Waals surface area contributed by atoms with Gasteiger partial charge in [-0.05, 0) is 24.6 Å². The zero-order chi connectivity index (χ0) is 12.8. The Morgan fingerprint density at radius 3 is 1.94 bits per heavy atom. The molecular weight excluding hydrogens is 248 g/mol. The standard InChI is InChI=1S/C10H6O2.C4H6OS/c11-9-5-6-10(12)8-4-2-1-3-7(8)9;1-2-4-6-5-3-1/h1-6H;1,3H,2,4H2. The highest BCUT2D eigenvalue weighted by molar-refractivity contribution is 7.94. The van der Waals surface area contributed by atoms with E-state index in [-0.39, 0.29) is 11.6 Å². The quantitative estimate of drug-likeness (QED) is 0.672. The van der Waals surface area contributed by atoms with E-state index in [4.69, 9.17) is 4.18 Å². The number of carbonyl (C=O) groups is 2. The molecule has 0 spiro atoms. The zero-order valence-corrected chi connectivity index (χ0v) is 10.5. The maximum absolute atomic E-state index is 11.2. The summed E-state index contributed by atoms with van der Waals surface area (Å²) < 4.78 is 4.81. The molecule has 0 saturated heterocycles. The zero-order valence-electron chi connectivity index (χ0n) is 9.67. The number of rotatable bonds is 0. The predicted molar refractivity (Wildman–Crippen MR) is 71.5 cm³/mol. The molecule has 0 aromatic heterocycles. The average molecular weight is 260 g/mol. The maximum atomic E-state index is 11.2. The van der Waals surface area contributed by atoms with Crippen LogP contribution in [0.5, 0.6) is 0 Å². The van der Waals surface area contributed by atoms with Gasteiger partial charge in [0.05, 0.1) is 18.3 Å². The molecule has 0 amide bonds. The van der Waals surface area contributed by atoms with Crippen LogP contribution in [-0.2, 0) is 4.18 Å². The number of hydrogen-bond donors (Lipinski definition) is 0. The first-order chi connectivity index (χ1) is 8.79. The van der Waals surface area contributed by atoms with Gasteiger partial charge in [-0.25, -0.2) is 0 Å². The van der Waals surface area contributed by atoms with Crippen molar-refractivity contribution in [3.8, 4) is 0 Å². The third-order valence-electron chi connectivity index (χ3n) is 2.43. The van der Waals surface area contributed by atoms with E-state index >= 15 is 0 Å². The lowest BCUT2D eigenvalue weighted by molar-refractivity contribution is 0.0994. The summed E-state index contributed by atoms with van der Waals surface area (Å²) >= 11 is 1.51. The molecule has 0 bridgehead atoms. The molecule has 1 aliphatic carbocycles. The van der Waals surface area contributed by atoms with Crippen molar-refractivity contribution in [1.82, 2.24) is 0 Å². The molecule has 1 aromatic carbocycles. The highest BCUT2D eigenvalue weighted by Gasteiger charge is 2.16. The van der Waals surface area contributed by atoms with Crippen molar-refractivity contribution in [2.45, 2.75) is 6.42 Å². The van der Waals surface area contributed by atoms with E-state index in [9.17, 15) is 9.59 Å². The molecule has 1 aromatic rings. The fourth-order valence-electron chi connectivity index (χ4n) is 1.55. The Morgan fingerprint density at radius 2 is 1.61 bits per heavy atom. The second-order valence-corrected chi connectivity index (χ2v) is 4.52. The normalized spacial score (nSPS) is 16.4. The van der Waals surface area contributed by atoms with E-state index in [1.807, 2.05) is 6.08 Å². The Bertz CT molecular complexity index is 473. The highest BCUT2D eigenvalue weighted by atomic mass is 32.2. The fraction of sp³-hybridized carbons (Fsp3) is 0.143. The summed E-state index contributed by atoms with van der Waals surface area (Å²) in [4.78, 5) is 22.4. The lowest BCUT2D eigenvalue weighted by Crippen LogP contribution is -2.10. The van der Waals surface area contributed by atoms with Crippen molar-refractivity contribution in [3.05, 3.63) is 59.9 Å². The third-order valence-corrected chi connectivity index (χ3v) is 3.08. The van der Waals surface area contributed by atoms with E-state index in [2.05, 4.69) is 0 Å². The van der Waals surface area contributed by atoms with Gasteiger partial charge in [-0.3, -0.25) is 9.59 Å². The monoisotopic (exact) mass is 260 g/mol. The summed E-state index contributed by atoms with van der Waals surface area (Å²) in [6, 6.07) is 6.84. The van der Waals surface area contributed by atoms with Crippen molar-refractivity contribution in [3.63, 3.8) is 0 Å². The van der Waals surface area contributed by atoms with Gasteiger partial charge < -0.3 is 4.18 Å². The van der Waals surface area contributed by atoms with Gasteiger partial charge in [0.25, 0.3) is 0 Å². The molecule has 2 aliphatic rings. The van der Waals surface area contributed by atoms with Crippen LogP contribution in [0.25, 0.3) is 0 Å². The molecule has 18 heavy (non-hydrogen) atoms. The van der Waals surface area contributed by atoms with Gasteiger partial charge in [0, 0.05) is 16.9 Å². The number of carbonyl (C=O) groups excluding carboxylic acids is 2. The van der Waals surface area contributed by atoms with Crippen molar-refractivity contribution >= 4 is 23.6 Å². The number of hydrogen-bond acceptors (Lipinski definition) is 4. The predicted octanol–water partition coefficient (Wildman–Crippen LogP) is 3.19. The summed E-state index contributed by atoms with van der Waals surface area (Å²) in [6.45, 7) is 0. The number of fused-ring (bicyclic) bond motifs is 1. The minimum absolute atomic E-state index is 0.0924. The summed E-state index contributed by atoms with van der Waals surface area (Å²) in [5.74, 6) is 0.923. The molecule has 1 aliphatic heterocycles. The van der Waals surface area contributed by atoms with Gasteiger partial charge in [-0.2, -0.15) is 0 Å². The van der Waals surface area contributed by atoms with Gasteiger partial charge in [0.1, 0.15) is 0 Å². The molecular formula is C14H12O3S. The summed E-state index contributed by atoms with van der Waals surface area (Å²) in [6.07, 6.45) is 7.53. The first kappa shape index (κ1) is 12.6.